The van der Waals surface area contributed by atoms with Crippen LogP contribution in [0.1, 0.15) is 12.8 Å². The van der Waals surface area contributed by atoms with Gasteiger partial charge in [-0.05, 0) is 37.1 Å². The van der Waals surface area contributed by atoms with Crippen LogP contribution in [-0.2, 0) is 0 Å². The van der Waals surface area contributed by atoms with Gasteiger partial charge in [-0.1, -0.05) is 0 Å². The number of hydrogen-bond acceptors (Lipinski definition) is 3. The van der Waals surface area contributed by atoms with Gasteiger partial charge in [0.15, 0.2) is 0 Å². The van der Waals surface area contributed by atoms with Gasteiger partial charge < -0.3 is 5.32 Å². The Balaban J connectivity index is 1.80. The molecule has 1 heterocycles. The predicted molar refractivity (Wildman–Crippen MR) is 58.0 cm³/mol. The van der Waals surface area contributed by atoms with E-state index in [0.29, 0.717) is 6.04 Å². The lowest BCUT2D eigenvalue weighted by molar-refractivity contribution is 0.879. The Morgan fingerprint density at radius 1 is 1.20 bits per heavy atom. The first kappa shape index (κ1) is 8.47. The zero-order valence-electron chi connectivity index (χ0n) is 8.30. The minimum absolute atomic E-state index is 0.697. The summed E-state index contributed by atoms with van der Waals surface area (Å²) in [6.45, 7) is 0. The summed E-state index contributed by atoms with van der Waals surface area (Å²) in [4.78, 5) is 3.92. The molecule has 0 saturated heterocycles. The number of rotatable bonds is 3. The Morgan fingerprint density at radius 3 is 2.60 bits per heavy atom. The zero-order valence-corrected chi connectivity index (χ0v) is 8.30. The minimum Gasteiger partial charge on any atom is -0.382 e. The molecule has 1 aromatic heterocycles. The van der Waals surface area contributed by atoms with Crippen LogP contribution in [-0.4, -0.2) is 20.8 Å². The Bertz CT molecular complexity index is 428. The highest BCUT2D eigenvalue weighted by Crippen LogP contribution is 2.24. The van der Waals surface area contributed by atoms with E-state index in [1.54, 1.807) is 11.0 Å². The highest BCUT2D eigenvalue weighted by Gasteiger charge is 2.20. The van der Waals surface area contributed by atoms with Crippen LogP contribution in [0.3, 0.4) is 0 Å². The highest BCUT2D eigenvalue weighted by molar-refractivity contribution is 5.49. The minimum atomic E-state index is 0.697. The van der Waals surface area contributed by atoms with Gasteiger partial charge in [-0.3, -0.25) is 0 Å². The van der Waals surface area contributed by atoms with Crippen molar-refractivity contribution in [3.8, 4) is 5.69 Å². The molecule has 15 heavy (non-hydrogen) atoms. The molecule has 0 atom stereocenters. The Morgan fingerprint density at radius 2 is 2.00 bits per heavy atom. The third-order valence-electron chi connectivity index (χ3n) is 2.50. The molecular weight excluding hydrogens is 188 g/mol. The fourth-order valence-corrected chi connectivity index (χ4v) is 1.52. The van der Waals surface area contributed by atoms with Crippen LogP contribution in [0.25, 0.3) is 5.69 Å². The molecular formula is C11H12N4. The maximum atomic E-state index is 4.07. The topological polar surface area (TPSA) is 42.7 Å². The van der Waals surface area contributed by atoms with Crippen molar-refractivity contribution in [2.75, 3.05) is 5.32 Å². The standard InChI is InChI=1S/C11H12N4/c1-2-9(1)14-10-3-5-11(6-4-10)15-8-12-7-13-15/h3-9,14H,1-2H2. The molecule has 1 N–H and O–H groups in total. The summed E-state index contributed by atoms with van der Waals surface area (Å²) in [5, 5.41) is 7.52. The van der Waals surface area contributed by atoms with E-state index in [2.05, 4.69) is 27.5 Å². The largest absolute Gasteiger partial charge is 0.382 e. The Hall–Kier alpha value is -1.84. The molecule has 3 rings (SSSR count). The fourth-order valence-electron chi connectivity index (χ4n) is 1.52. The van der Waals surface area contributed by atoms with Crippen molar-refractivity contribution in [1.29, 1.82) is 0 Å². The molecule has 4 nitrogen and oxygen atoms in total. The van der Waals surface area contributed by atoms with Crippen LogP contribution in [0.5, 0.6) is 0 Å². The van der Waals surface area contributed by atoms with E-state index in [-0.39, 0.29) is 0 Å². The van der Waals surface area contributed by atoms with E-state index >= 15 is 0 Å². The number of anilines is 1. The van der Waals surface area contributed by atoms with Gasteiger partial charge in [0.2, 0.25) is 0 Å². The maximum Gasteiger partial charge on any atom is 0.138 e. The summed E-state index contributed by atoms with van der Waals surface area (Å²) in [5.41, 5.74) is 2.22. The number of aromatic nitrogens is 3. The molecule has 2 aromatic rings. The van der Waals surface area contributed by atoms with Gasteiger partial charge in [-0.2, -0.15) is 5.10 Å². The van der Waals surface area contributed by atoms with E-state index in [1.165, 1.54) is 24.9 Å². The monoisotopic (exact) mass is 200 g/mol. The molecule has 0 unspecified atom stereocenters. The summed E-state index contributed by atoms with van der Waals surface area (Å²) < 4.78 is 1.75. The van der Waals surface area contributed by atoms with Crippen LogP contribution in [0.15, 0.2) is 36.9 Å². The van der Waals surface area contributed by atoms with E-state index in [1.807, 2.05) is 12.1 Å². The summed E-state index contributed by atoms with van der Waals surface area (Å²) in [5.74, 6) is 0. The van der Waals surface area contributed by atoms with Gasteiger partial charge >= 0.3 is 0 Å². The van der Waals surface area contributed by atoms with Gasteiger partial charge in [-0.15, -0.1) is 0 Å². The third kappa shape index (κ3) is 1.83. The van der Waals surface area contributed by atoms with Crippen LogP contribution in [0.2, 0.25) is 0 Å². The Labute approximate surface area is 88.0 Å². The lowest BCUT2D eigenvalue weighted by Gasteiger charge is -2.05. The first-order valence-electron chi connectivity index (χ1n) is 5.13. The summed E-state index contributed by atoms with van der Waals surface area (Å²) >= 11 is 0. The highest BCUT2D eigenvalue weighted by atomic mass is 15.3. The third-order valence-corrected chi connectivity index (χ3v) is 2.50. The van der Waals surface area contributed by atoms with Crippen molar-refractivity contribution in [3.05, 3.63) is 36.9 Å². The molecule has 0 bridgehead atoms. The van der Waals surface area contributed by atoms with Gasteiger partial charge in [0, 0.05) is 11.7 Å². The number of benzene rings is 1. The van der Waals surface area contributed by atoms with Gasteiger partial charge in [0.05, 0.1) is 5.69 Å². The average molecular weight is 200 g/mol. The van der Waals surface area contributed by atoms with Crippen molar-refractivity contribution in [3.63, 3.8) is 0 Å². The van der Waals surface area contributed by atoms with Crippen molar-refractivity contribution >= 4 is 5.69 Å². The maximum absolute atomic E-state index is 4.07. The zero-order chi connectivity index (χ0) is 10.1. The van der Waals surface area contributed by atoms with Crippen molar-refractivity contribution < 1.29 is 0 Å². The van der Waals surface area contributed by atoms with E-state index in [0.717, 1.165) is 5.69 Å². The first-order chi connectivity index (χ1) is 7.42. The lowest BCUT2D eigenvalue weighted by atomic mass is 10.3. The molecule has 1 aliphatic carbocycles. The molecule has 0 radical (unpaired) electrons. The molecule has 1 aromatic carbocycles. The summed E-state index contributed by atoms with van der Waals surface area (Å²) in [7, 11) is 0. The number of nitrogens with zero attached hydrogens (tertiary/aromatic N) is 3. The molecule has 4 heteroatoms. The van der Waals surface area contributed by atoms with Crippen LogP contribution in [0, 0.1) is 0 Å². The first-order valence-corrected chi connectivity index (χ1v) is 5.13. The van der Waals surface area contributed by atoms with Crippen LogP contribution in [0.4, 0.5) is 5.69 Å². The molecule has 1 fully saturated rings. The molecule has 76 valence electrons. The summed E-state index contributed by atoms with van der Waals surface area (Å²) in [6.07, 6.45) is 5.83. The molecule has 0 amide bonds. The van der Waals surface area contributed by atoms with Crippen LogP contribution >= 0.6 is 0 Å². The smallest absolute Gasteiger partial charge is 0.138 e. The van der Waals surface area contributed by atoms with E-state index < -0.39 is 0 Å². The van der Waals surface area contributed by atoms with E-state index in [9.17, 15) is 0 Å². The van der Waals surface area contributed by atoms with Gasteiger partial charge in [0.1, 0.15) is 12.7 Å². The van der Waals surface area contributed by atoms with Crippen molar-refractivity contribution in [2.45, 2.75) is 18.9 Å². The second kappa shape index (κ2) is 3.38. The SMILES string of the molecule is c1ncn(-c2ccc(NC3CC3)cc2)n1. The van der Waals surface area contributed by atoms with Crippen molar-refractivity contribution in [2.24, 2.45) is 0 Å². The quantitative estimate of drug-likeness (QED) is 0.822. The fraction of sp³-hybridized carbons (Fsp3) is 0.273. The second-order valence-corrected chi connectivity index (χ2v) is 3.81. The number of hydrogen-bond donors (Lipinski definition) is 1. The van der Waals surface area contributed by atoms with E-state index in [4.69, 9.17) is 0 Å². The van der Waals surface area contributed by atoms with Crippen LogP contribution < -0.4 is 5.32 Å². The number of nitrogens with one attached hydrogen (secondary N) is 1. The molecule has 1 saturated carbocycles. The Kier molecular flexibility index (Phi) is 1.91. The second-order valence-electron chi connectivity index (χ2n) is 3.81. The predicted octanol–water partition coefficient (Wildman–Crippen LogP) is 1.84. The van der Waals surface area contributed by atoms with Crippen molar-refractivity contribution in [1.82, 2.24) is 14.8 Å². The van der Waals surface area contributed by atoms with Gasteiger partial charge in [0.25, 0.3) is 0 Å². The molecule has 1 aliphatic rings. The summed E-state index contributed by atoms with van der Waals surface area (Å²) in [6, 6.07) is 8.94. The van der Waals surface area contributed by atoms with Gasteiger partial charge in [-0.25, -0.2) is 9.67 Å². The molecule has 0 aliphatic heterocycles. The normalized spacial score (nSPS) is 15.2. The molecule has 0 spiro atoms. The average Bonchev–Trinajstić information content (AvgIpc) is 2.92. The lowest BCUT2D eigenvalue weighted by Crippen LogP contribution is -2.01.